The van der Waals surface area contributed by atoms with Gasteiger partial charge in [0.05, 0.1) is 21.9 Å². The van der Waals surface area contributed by atoms with Gasteiger partial charge >= 0.3 is 0 Å². The van der Waals surface area contributed by atoms with Crippen molar-refractivity contribution in [3.05, 3.63) is 93.3 Å². The first-order chi connectivity index (χ1) is 16.1. The van der Waals surface area contributed by atoms with E-state index < -0.39 is 14.9 Å². The molecule has 178 valence electrons. The fourth-order valence-electron chi connectivity index (χ4n) is 3.32. The third-order valence-corrected chi connectivity index (χ3v) is 6.47. The van der Waals surface area contributed by atoms with Crippen molar-refractivity contribution in [1.82, 2.24) is 4.98 Å². The third-order valence-electron chi connectivity index (χ3n) is 4.97. The Balaban J connectivity index is 1.58. The summed E-state index contributed by atoms with van der Waals surface area (Å²) in [5.41, 5.74) is 2.57. The van der Waals surface area contributed by atoms with Crippen molar-refractivity contribution in [2.45, 2.75) is 19.3 Å². The number of hydrogen-bond donors (Lipinski definition) is 1. The zero-order chi connectivity index (χ0) is 24.7. The summed E-state index contributed by atoms with van der Waals surface area (Å²) in [6.45, 7) is -0.0575. The van der Waals surface area contributed by atoms with E-state index in [1.165, 1.54) is 12.1 Å². The normalized spacial score (nSPS) is 11.1. The predicted molar refractivity (Wildman–Crippen MR) is 132 cm³/mol. The molecule has 1 amide bonds. The van der Waals surface area contributed by atoms with E-state index in [1.807, 2.05) is 24.3 Å². The van der Waals surface area contributed by atoms with Gasteiger partial charge in [0.25, 0.3) is 5.69 Å². The summed E-state index contributed by atoms with van der Waals surface area (Å²) in [5, 5.41) is 13.9. The summed E-state index contributed by atoms with van der Waals surface area (Å²) < 4.78 is 25.6. The van der Waals surface area contributed by atoms with Gasteiger partial charge in [-0.15, -0.1) is 0 Å². The molecule has 11 heteroatoms. The average Bonchev–Trinajstić information content (AvgIpc) is 2.78. The Bertz CT molecular complexity index is 1270. The molecule has 9 nitrogen and oxygen atoms in total. The highest BCUT2D eigenvalue weighted by Gasteiger charge is 2.22. The molecule has 0 aliphatic heterocycles. The number of rotatable bonds is 10. The van der Waals surface area contributed by atoms with Gasteiger partial charge in [-0.1, -0.05) is 23.7 Å². The number of nitrogens with zero attached hydrogens (tertiary/aromatic N) is 3. The van der Waals surface area contributed by atoms with Gasteiger partial charge in [-0.05, 0) is 54.3 Å². The van der Waals surface area contributed by atoms with Crippen LogP contribution in [0.3, 0.4) is 0 Å². The Morgan fingerprint density at radius 1 is 1.09 bits per heavy atom. The molecule has 3 rings (SSSR count). The number of anilines is 2. The number of nitro benzene ring substituents is 1. The summed E-state index contributed by atoms with van der Waals surface area (Å²) in [7, 11) is -3.78. The minimum absolute atomic E-state index is 0.00330. The number of non-ortho nitro benzene ring substituents is 1. The molecule has 1 aromatic heterocycles. The molecule has 0 atom stereocenters. The van der Waals surface area contributed by atoms with Crippen LogP contribution in [0.1, 0.15) is 24.0 Å². The lowest BCUT2D eigenvalue weighted by Crippen LogP contribution is -2.31. The Morgan fingerprint density at radius 2 is 1.74 bits per heavy atom. The summed E-state index contributed by atoms with van der Waals surface area (Å²) >= 11 is 6.10. The van der Waals surface area contributed by atoms with Crippen LogP contribution < -0.4 is 9.62 Å². The van der Waals surface area contributed by atoms with E-state index in [1.54, 1.807) is 24.5 Å². The molecule has 34 heavy (non-hydrogen) atoms. The van der Waals surface area contributed by atoms with Crippen LogP contribution in [-0.4, -0.2) is 37.0 Å². The highest BCUT2D eigenvalue weighted by atomic mass is 35.5. The van der Waals surface area contributed by atoms with Gasteiger partial charge in [-0.25, -0.2) is 8.42 Å². The average molecular weight is 503 g/mol. The van der Waals surface area contributed by atoms with Gasteiger partial charge in [0.15, 0.2) is 0 Å². The Hall–Kier alpha value is -3.50. The quantitative estimate of drug-likeness (QED) is 0.323. The van der Waals surface area contributed by atoms with E-state index in [9.17, 15) is 23.3 Å². The van der Waals surface area contributed by atoms with E-state index in [4.69, 9.17) is 11.6 Å². The highest BCUT2D eigenvalue weighted by Crippen LogP contribution is 2.31. The second-order valence-electron chi connectivity index (χ2n) is 7.61. The van der Waals surface area contributed by atoms with Crippen LogP contribution in [0.25, 0.3) is 0 Å². The first kappa shape index (κ1) is 25.1. The number of carbonyl (C=O) groups is 1. The maximum absolute atomic E-state index is 12.4. The minimum Gasteiger partial charge on any atom is -0.326 e. The number of hydrogen-bond acceptors (Lipinski definition) is 6. The highest BCUT2D eigenvalue weighted by molar-refractivity contribution is 7.92. The van der Waals surface area contributed by atoms with Crippen molar-refractivity contribution in [2.75, 3.05) is 22.4 Å². The van der Waals surface area contributed by atoms with E-state index in [0.717, 1.165) is 34.2 Å². The second kappa shape index (κ2) is 11.1. The lowest BCUT2D eigenvalue weighted by atomic mass is 10.1. The van der Waals surface area contributed by atoms with E-state index in [2.05, 4.69) is 10.3 Å². The van der Waals surface area contributed by atoms with Gasteiger partial charge in [0.1, 0.15) is 0 Å². The van der Waals surface area contributed by atoms with Crippen molar-refractivity contribution in [1.29, 1.82) is 0 Å². The maximum Gasteiger partial charge on any atom is 0.271 e. The molecule has 0 aliphatic rings. The van der Waals surface area contributed by atoms with Crippen molar-refractivity contribution in [3.8, 4) is 0 Å². The number of benzene rings is 2. The van der Waals surface area contributed by atoms with Crippen molar-refractivity contribution >= 4 is 44.6 Å². The van der Waals surface area contributed by atoms with E-state index >= 15 is 0 Å². The van der Waals surface area contributed by atoms with Gasteiger partial charge in [-0.2, -0.15) is 0 Å². The Labute approximate surface area is 202 Å². The molecule has 0 spiro atoms. The molecule has 2 aromatic carbocycles. The summed E-state index contributed by atoms with van der Waals surface area (Å²) in [5.74, 6) is -0.277. The van der Waals surface area contributed by atoms with Crippen LogP contribution in [0.15, 0.2) is 67.0 Å². The molecule has 1 heterocycles. The number of carbonyl (C=O) groups excluding carboxylic acids is 1. The lowest BCUT2D eigenvalue weighted by molar-refractivity contribution is -0.384. The van der Waals surface area contributed by atoms with E-state index in [0.29, 0.717) is 5.69 Å². The summed E-state index contributed by atoms with van der Waals surface area (Å²) in [6.07, 6.45) is 5.45. The number of nitro groups is 1. The van der Waals surface area contributed by atoms with Gasteiger partial charge < -0.3 is 5.32 Å². The van der Waals surface area contributed by atoms with Crippen LogP contribution in [-0.2, 0) is 21.2 Å². The van der Waals surface area contributed by atoms with Gasteiger partial charge in [-0.3, -0.25) is 24.2 Å². The standard InChI is InChI=1S/C23H23ClN4O5S/c1-34(32,33)27(22-16-20(28(30)31)8-9-21(22)24)14-2-3-23(29)26-19-6-4-17(5-7-19)15-18-10-12-25-13-11-18/h4-13,16H,2-3,14-15H2,1H3,(H,26,29). The Kier molecular flexibility index (Phi) is 8.19. The predicted octanol–water partition coefficient (Wildman–Crippen LogP) is 4.42. The zero-order valence-electron chi connectivity index (χ0n) is 18.3. The van der Waals surface area contributed by atoms with Gasteiger partial charge in [0.2, 0.25) is 15.9 Å². The number of pyridine rings is 1. The molecule has 0 saturated heterocycles. The van der Waals surface area contributed by atoms with Crippen LogP contribution in [0.4, 0.5) is 17.1 Å². The second-order valence-corrected chi connectivity index (χ2v) is 9.92. The van der Waals surface area contributed by atoms with Crippen molar-refractivity contribution < 1.29 is 18.1 Å². The maximum atomic E-state index is 12.4. The molecule has 0 radical (unpaired) electrons. The molecule has 0 fully saturated rings. The molecule has 0 saturated carbocycles. The monoisotopic (exact) mass is 502 g/mol. The molecule has 0 unspecified atom stereocenters. The van der Waals surface area contributed by atoms with Crippen LogP contribution >= 0.6 is 11.6 Å². The lowest BCUT2D eigenvalue weighted by Gasteiger charge is -2.23. The first-order valence-corrected chi connectivity index (χ1v) is 12.6. The number of halogens is 1. The molecular formula is C23H23ClN4O5S. The molecule has 0 bridgehead atoms. The van der Waals surface area contributed by atoms with Crippen molar-refractivity contribution in [3.63, 3.8) is 0 Å². The number of sulfonamides is 1. The first-order valence-electron chi connectivity index (χ1n) is 10.3. The zero-order valence-corrected chi connectivity index (χ0v) is 19.9. The summed E-state index contributed by atoms with van der Waals surface area (Å²) in [6, 6.07) is 14.9. The molecular weight excluding hydrogens is 480 g/mol. The largest absolute Gasteiger partial charge is 0.326 e. The Morgan fingerprint density at radius 3 is 2.35 bits per heavy atom. The molecule has 0 aliphatic carbocycles. The number of amides is 1. The van der Waals surface area contributed by atoms with Gasteiger partial charge in [0, 0.05) is 43.2 Å². The number of nitrogens with one attached hydrogen (secondary N) is 1. The SMILES string of the molecule is CS(=O)(=O)N(CCCC(=O)Nc1ccc(Cc2ccncc2)cc1)c1cc([N+](=O)[O-])ccc1Cl. The fraction of sp³-hybridized carbons (Fsp3) is 0.217. The minimum atomic E-state index is -3.78. The van der Waals surface area contributed by atoms with Crippen LogP contribution in [0, 0.1) is 10.1 Å². The van der Waals surface area contributed by atoms with Crippen LogP contribution in [0.2, 0.25) is 5.02 Å². The molecule has 1 N–H and O–H groups in total. The topological polar surface area (TPSA) is 123 Å². The third kappa shape index (κ3) is 7.00. The smallest absolute Gasteiger partial charge is 0.271 e. The summed E-state index contributed by atoms with van der Waals surface area (Å²) in [4.78, 5) is 26.8. The van der Waals surface area contributed by atoms with E-state index in [-0.39, 0.29) is 41.7 Å². The van der Waals surface area contributed by atoms with Crippen LogP contribution in [0.5, 0.6) is 0 Å². The number of aromatic nitrogens is 1. The fourth-order valence-corrected chi connectivity index (χ4v) is 4.56. The molecule has 3 aromatic rings. The van der Waals surface area contributed by atoms with Crippen molar-refractivity contribution in [2.24, 2.45) is 0 Å².